The number of fused-ring (bicyclic) bond motifs is 1. The summed E-state index contributed by atoms with van der Waals surface area (Å²) in [6.07, 6.45) is 1.33. The highest BCUT2D eigenvalue weighted by atomic mass is 19.2. The monoisotopic (exact) mass is 154 g/mol. The zero-order chi connectivity index (χ0) is 7.84. The minimum Gasteiger partial charge on any atom is -0.464 e. The van der Waals surface area contributed by atoms with Gasteiger partial charge < -0.3 is 4.42 Å². The normalized spacial score (nSPS) is 10.7. The van der Waals surface area contributed by atoms with Crippen LogP contribution in [0.5, 0.6) is 0 Å². The lowest BCUT2D eigenvalue weighted by atomic mass is 10.2. The van der Waals surface area contributed by atoms with E-state index in [0.717, 1.165) is 6.07 Å². The Bertz CT molecular complexity index is 392. The Hall–Kier alpha value is -1.38. The van der Waals surface area contributed by atoms with E-state index < -0.39 is 11.6 Å². The predicted octanol–water partition coefficient (Wildman–Crippen LogP) is 2.71. The summed E-state index contributed by atoms with van der Waals surface area (Å²) >= 11 is 0. The molecule has 1 nitrogen and oxygen atoms in total. The number of hydrogen-bond acceptors (Lipinski definition) is 1. The predicted molar refractivity (Wildman–Crippen MR) is 36.1 cm³/mol. The van der Waals surface area contributed by atoms with Crippen LogP contribution in [0.2, 0.25) is 0 Å². The van der Waals surface area contributed by atoms with Crippen LogP contribution in [0.15, 0.2) is 28.9 Å². The molecule has 56 valence electrons. The van der Waals surface area contributed by atoms with Gasteiger partial charge in [0.05, 0.1) is 11.6 Å². The minimum atomic E-state index is -0.851. The first kappa shape index (κ1) is 6.34. The van der Waals surface area contributed by atoms with Crippen LogP contribution >= 0.6 is 0 Å². The van der Waals surface area contributed by atoms with Crippen LogP contribution in [-0.2, 0) is 0 Å². The Morgan fingerprint density at radius 1 is 1.09 bits per heavy atom. The molecular weight excluding hydrogens is 150 g/mol. The molecule has 0 radical (unpaired) electrons. The third-order valence-corrected chi connectivity index (χ3v) is 1.52. The van der Waals surface area contributed by atoms with E-state index in [-0.39, 0.29) is 5.39 Å². The van der Waals surface area contributed by atoms with Crippen LogP contribution in [0.1, 0.15) is 0 Å². The zero-order valence-corrected chi connectivity index (χ0v) is 5.47. The van der Waals surface area contributed by atoms with Gasteiger partial charge in [0.1, 0.15) is 5.58 Å². The average molecular weight is 154 g/mol. The first-order chi connectivity index (χ1) is 5.29. The third kappa shape index (κ3) is 0.808. The summed E-state index contributed by atoms with van der Waals surface area (Å²) in [5, 5.41) is 0.185. The summed E-state index contributed by atoms with van der Waals surface area (Å²) in [4.78, 5) is 0. The van der Waals surface area contributed by atoms with Crippen molar-refractivity contribution in [1.82, 2.24) is 0 Å². The van der Waals surface area contributed by atoms with Gasteiger partial charge >= 0.3 is 0 Å². The van der Waals surface area contributed by atoms with Gasteiger partial charge in [-0.25, -0.2) is 8.78 Å². The third-order valence-electron chi connectivity index (χ3n) is 1.52. The Morgan fingerprint density at radius 3 is 2.73 bits per heavy atom. The molecule has 11 heavy (non-hydrogen) atoms. The molecule has 0 unspecified atom stereocenters. The van der Waals surface area contributed by atoms with Crippen LogP contribution in [0.3, 0.4) is 0 Å². The fraction of sp³-hybridized carbons (Fsp3) is 0. The topological polar surface area (TPSA) is 13.1 Å². The lowest BCUT2D eigenvalue weighted by Gasteiger charge is -1.91. The second kappa shape index (κ2) is 2.05. The fourth-order valence-electron chi connectivity index (χ4n) is 0.982. The molecule has 1 aromatic heterocycles. The van der Waals surface area contributed by atoms with Gasteiger partial charge in [0, 0.05) is 0 Å². The van der Waals surface area contributed by atoms with Gasteiger partial charge in [-0.3, -0.25) is 0 Å². The van der Waals surface area contributed by atoms with Gasteiger partial charge in [0.15, 0.2) is 11.6 Å². The molecule has 1 heterocycles. The molecule has 1 aromatic carbocycles. The lowest BCUT2D eigenvalue weighted by molar-refractivity contribution is 0.515. The van der Waals surface area contributed by atoms with Gasteiger partial charge in [-0.1, -0.05) is 0 Å². The molecule has 0 atom stereocenters. The van der Waals surface area contributed by atoms with Gasteiger partial charge in [-0.05, 0) is 18.2 Å². The summed E-state index contributed by atoms with van der Waals surface area (Å²) in [6.45, 7) is 0. The Morgan fingerprint density at radius 2 is 1.91 bits per heavy atom. The Labute approximate surface area is 61.2 Å². The van der Waals surface area contributed by atoms with E-state index in [1.807, 2.05) is 0 Å². The first-order valence-corrected chi connectivity index (χ1v) is 3.10. The van der Waals surface area contributed by atoms with Crippen LogP contribution in [0.4, 0.5) is 8.78 Å². The molecule has 0 saturated heterocycles. The highest BCUT2D eigenvalue weighted by Crippen LogP contribution is 2.20. The molecule has 0 N–H and O–H groups in total. The minimum absolute atomic E-state index is 0.185. The maximum absolute atomic E-state index is 12.8. The average Bonchev–Trinajstić information content (AvgIpc) is 2.45. The Balaban J connectivity index is 2.93. The van der Waals surface area contributed by atoms with Crippen molar-refractivity contribution in [2.45, 2.75) is 0 Å². The van der Waals surface area contributed by atoms with Crippen molar-refractivity contribution < 1.29 is 13.2 Å². The van der Waals surface area contributed by atoms with Crippen molar-refractivity contribution >= 4 is 11.0 Å². The number of benzene rings is 1. The molecule has 2 aromatic rings. The standard InChI is InChI=1S/C8H4F2O/c9-6-1-2-7-5(8(6)10)3-4-11-7/h1-4H. The smallest absolute Gasteiger partial charge is 0.169 e. The van der Waals surface area contributed by atoms with Gasteiger partial charge in [0.2, 0.25) is 0 Å². The maximum Gasteiger partial charge on any atom is 0.169 e. The van der Waals surface area contributed by atoms with E-state index in [1.54, 1.807) is 0 Å². The molecule has 0 bridgehead atoms. The molecule has 0 aliphatic heterocycles. The maximum atomic E-state index is 12.8. The molecule has 2 rings (SSSR count). The van der Waals surface area contributed by atoms with E-state index in [4.69, 9.17) is 4.42 Å². The molecule has 0 spiro atoms. The van der Waals surface area contributed by atoms with Crippen molar-refractivity contribution in [2.24, 2.45) is 0 Å². The first-order valence-electron chi connectivity index (χ1n) is 3.10. The summed E-state index contributed by atoms with van der Waals surface area (Å²) in [5.74, 6) is -1.70. The van der Waals surface area contributed by atoms with Crippen LogP contribution in [0.25, 0.3) is 11.0 Å². The second-order valence-electron chi connectivity index (χ2n) is 2.19. The van der Waals surface area contributed by atoms with Gasteiger partial charge in [-0.2, -0.15) is 0 Å². The van der Waals surface area contributed by atoms with Crippen molar-refractivity contribution in [3.05, 3.63) is 36.1 Å². The van der Waals surface area contributed by atoms with E-state index in [9.17, 15) is 8.78 Å². The Kier molecular flexibility index (Phi) is 1.18. The second-order valence-corrected chi connectivity index (χ2v) is 2.19. The van der Waals surface area contributed by atoms with Gasteiger partial charge in [0.25, 0.3) is 0 Å². The van der Waals surface area contributed by atoms with E-state index in [2.05, 4.69) is 0 Å². The molecule has 3 heteroatoms. The van der Waals surface area contributed by atoms with E-state index in [0.29, 0.717) is 5.58 Å². The summed E-state index contributed by atoms with van der Waals surface area (Å²) < 4.78 is 30.2. The summed E-state index contributed by atoms with van der Waals surface area (Å²) in [6, 6.07) is 3.84. The van der Waals surface area contributed by atoms with Crippen LogP contribution < -0.4 is 0 Å². The summed E-state index contributed by atoms with van der Waals surface area (Å²) in [7, 11) is 0. The molecule has 0 aliphatic carbocycles. The van der Waals surface area contributed by atoms with E-state index in [1.165, 1.54) is 18.4 Å². The zero-order valence-electron chi connectivity index (χ0n) is 5.47. The fourth-order valence-corrected chi connectivity index (χ4v) is 0.982. The van der Waals surface area contributed by atoms with Crippen molar-refractivity contribution in [2.75, 3.05) is 0 Å². The molecular formula is C8H4F2O. The molecule has 0 amide bonds. The highest BCUT2D eigenvalue weighted by molar-refractivity contribution is 5.77. The van der Waals surface area contributed by atoms with Crippen LogP contribution in [-0.4, -0.2) is 0 Å². The number of furan rings is 1. The number of halogens is 2. The number of rotatable bonds is 0. The number of hydrogen-bond donors (Lipinski definition) is 0. The van der Waals surface area contributed by atoms with Crippen molar-refractivity contribution in [3.8, 4) is 0 Å². The van der Waals surface area contributed by atoms with Gasteiger partial charge in [-0.15, -0.1) is 0 Å². The highest BCUT2D eigenvalue weighted by Gasteiger charge is 2.07. The largest absolute Gasteiger partial charge is 0.464 e. The quantitative estimate of drug-likeness (QED) is 0.568. The molecule has 0 saturated carbocycles. The van der Waals surface area contributed by atoms with Crippen molar-refractivity contribution in [3.63, 3.8) is 0 Å². The SMILES string of the molecule is Fc1ccc2occc2c1F. The van der Waals surface area contributed by atoms with Crippen LogP contribution in [0, 0.1) is 11.6 Å². The summed E-state index contributed by atoms with van der Waals surface area (Å²) in [5.41, 5.74) is 0.365. The van der Waals surface area contributed by atoms with Crippen molar-refractivity contribution in [1.29, 1.82) is 0 Å². The molecule has 0 aliphatic rings. The molecule has 0 fully saturated rings. The van der Waals surface area contributed by atoms with E-state index >= 15 is 0 Å². The lowest BCUT2D eigenvalue weighted by Crippen LogP contribution is -1.81.